The summed E-state index contributed by atoms with van der Waals surface area (Å²) >= 11 is 6.16. The van der Waals surface area contributed by atoms with Gasteiger partial charge in [0.1, 0.15) is 5.82 Å². The molecule has 0 spiro atoms. The summed E-state index contributed by atoms with van der Waals surface area (Å²) < 4.78 is 2.47. The van der Waals surface area contributed by atoms with E-state index < -0.39 is 0 Å². The summed E-state index contributed by atoms with van der Waals surface area (Å²) in [6.07, 6.45) is 4.97. The maximum absolute atomic E-state index is 6.16. The van der Waals surface area contributed by atoms with Crippen molar-refractivity contribution in [3.63, 3.8) is 0 Å². The van der Waals surface area contributed by atoms with E-state index in [0.29, 0.717) is 12.0 Å². The lowest BCUT2D eigenvalue weighted by Crippen LogP contribution is -2.28. The number of nitrogens with zero attached hydrogens (tertiary/aromatic N) is 2. The van der Waals surface area contributed by atoms with Crippen molar-refractivity contribution in [1.29, 1.82) is 0 Å². The third-order valence-electron chi connectivity index (χ3n) is 4.30. The highest BCUT2D eigenvalue weighted by atomic mass is 35.5. The van der Waals surface area contributed by atoms with Crippen LogP contribution in [-0.4, -0.2) is 22.6 Å². The molecule has 1 aromatic heterocycles. The second kappa shape index (κ2) is 4.50. The van der Waals surface area contributed by atoms with Crippen molar-refractivity contribution in [2.24, 2.45) is 0 Å². The van der Waals surface area contributed by atoms with E-state index in [4.69, 9.17) is 16.6 Å². The topological polar surface area (TPSA) is 29.9 Å². The van der Waals surface area contributed by atoms with Crippen LogP contribution in [0.3, 0.4) is 0 Å². The molecule has 1 aliphatic heterocycles. The van der Waals surface area contributed by atoms with E-state index in [2.05, 4.69) is 22.0 Å². The van der Waals surface area contributed by atoms with Crippen molar-refractivity contribution in [2.45, 2.75) is 37.6 Å². The average Bonchev–Trinajstić information content (AvgIpc) is 3.21. The van der Waals surface area contributed by atoms with Crippen LogP contribution in [0.4, 0.5) is 0 Å². The Hall–Kier alpha value is -1.06. The molecule has 19 heavy (non-hydrogen) atoms. The number of aromatic nitrogens is 2. The van der Waals surface area contributed by atoms with Crippen molar-refractivity contribution in [3.05, 3.63) is 29.0 Å². The van der Waals surface area contributed by atoms with Gasteiger partial charge in [0.2, 0.25) is 0 Å². The quantitative estimate of drug-likeness (QED) is 0.909. The number of rotatable bonds is 2. The second-order valence-corrected chi connectivity index (χ2v) is 6.16. The van der Waals surface area contributed by atoms with Gasteiger partial charge in [0.05, 0.1) is 11.0 Å². The lowest BCUT2D eigenvalue weighted by atomic mass is 9.97. The Morgan fingerprint density at radius 3 is 2.68 bits per heavy atom. The summed E-state index contributed by atoms with van der Waals surface area (Å²) in [5.41, 5.74) is 2.33. The Bertz CT molecular complexity index is 609. The summed E-state index contributed by atoms with van der Waals surface area (Å²) in [4.78, 5) is 4.92. The van der Waals surface area contributed by atoms with Crippen molar-refractivity contribution in [3.8, 4) is 0 Å². The zero-order valence-corrected chi connectivity index (χ0v) is 11.7. The van der Waals surface area contributed by atoms with E-state index in [-0.39, 0.29) is 0 Å². The Kier molecular flexibility index (Phi) is 2.78. The van der Waals surface area contributed by atoms with E-state index in [1.807, 2.05) is 6.07 Å². The van der Waals surface area contributed by atoms with Crippen LogP contribution in [0.1, 0.15) is 43.5 Å². The smallest absolute Gasteiger partial charge is 0.113 e. The van der Waals surface area contributed by atoms with Gasteiger partial charge in [0.25, 0.3) is 0 Å². The average molecular weight is 276 g/mol. The molecule has 4 rings (SSSR count). The summed E-state index contributed by atoms with van der Waals surface area (Å²) in [6, 6.07) is 6.74. The first-order valence-corrected chi connectivity index (χ1v) is 7.59. The predicted molar refractivity (Wildman–Crippen MR) is 77.9 cm³/mol. The van der Waals surface area contributed by atoms with Crippen LogP contribution < -0.4 is 5.32 Å². The molecule has 2 fully saturated rings. The minimum atomic E-state index is 0.605. The molecule has 3 nitrogen and oxygen atoms in total. The number of hydrogen-bond acceptors (Lipinski definition) is 2. The zero-order chi connectivity index (χ0) is 12.8. The molecule has 2 aliphatic rings. The Balaban J connectivity index is 1.86. The highest BCUT2D eigenvalue weighted by molar-refractivity contribution is 6.31. The first-order valence-electron chi connectivity index (χ1n) is 7.21. The fourth-order valence-electron chi connectivity index (χ4n) is 3.17. The standard InChI is InChI=1S/C15H18ClN3/c16-11-1-4-13-14(9-11)19(12-2-3-12)15(18-13)10-5-7-17-8-6-10/h1,4,9-10,12,17H,2-3,5-8H2. The molecule has 2 heterocycles. The molecular weight excluding hydrogens is 258 g/mol. The molecule has 0 bridgehead atoms. The minimum absolute atomic E-state index is 0.605. The van der Waals surface area contributed by atoms with E-state index >= 15 is 0 Å². The minimum Gasteiger partial charge on any atom is -0.325 e. The molecule has 1 saturated carbocycles. The lowest BCUT2D eigenvalue weighted by molar-refractivity contribution is 0.433. The van der Waals surface area contributed by atoms with Gasteiger partial charge in [0.15, 0.2) is 0 Å². The Morgan fingerprint density at radius 1 is 1.16 bits per heavy atom. The van der Waals surface area contributed by atoms with Gasteiger partial charge in [-0.1, -0.05) is 11.6 Å². The molecule has 4 heteroatoms. The Morgan fingerprint density at radius 2 is 1.95 bits per heavy atom. The number of halogens is 1. The van der Waals surface area contributed by atoms with Crippen LogP contribution in [0.15, 0.2) is 18.2 Å². The highest BCUT2D eigenvalue weighted by Crippen LogP contribution is 2.41. The van der Waals surface area contributed by atoms with Gasteiger partial charge in [0, 0.05) is 17.0 Å². The van der Waals surface area contributed by atoms with Gasteiger partial charge in [-0.15, -0.1) is 0 Å². The van der Waals surface area contributed by atoms with E-state index in [1.54, 1.807) is 0 Å². The molecule has 1 aromatic carbocycles. The molecule has 0 amide bonds. The van der Waals surface area contributed by atoms with Crippen molar-refractivity contribution in [1.82, 2.24) is 14.9 Å². The van der Waals surface area contributed by atoms with Crippen molar-refractivity contribution < 1.29 is 0 Å². The third-order valence-corrected chi connectivity index (χ3v) is 4.53. The molecule has 2 aromatic rings. The molecular formula is C15H18ClN3. The van der Waals surface area contributed by atoms with Gasteiger partial charge in [-0.2, -0.15) is 0 Å². The lowest BCUT2D eigenvalue weighted by Gasteiger charge is -2.23. The van der Waals surface area contributed by atoms with Gasteiger partial charge in [-0.05, 0) is 57.0 Å². The van der Waals surface area contributed by atoms with Crippen LogP contribution in [0.25, 0.3) is 11.0 Å². The van der Waals surface area contributed by atoms with Gasteiger partial charge < -0.3 is 9.88 Å². The van der Waals surface area contributed by atoms with E-state index in [0.717, 1.165) is 23.6 Å². The van der Waals surface area contributed by atoms with Crippen molar-refractivity contribution >= 4 is 22.6 Å². The first kappa shape index (κ1) is 11.7. The van der Waals surface area contributed by atoms with Crippen LogP contribution in [0, 0.1) is 0 Å². The maximum atomic E-state index is 6.16. The van der Waals surface area contributed by atoms with E-state index in [1.165, 1.54) is 37.0 Å². The monoisotopic (exact) mass is 275 g/mol. The van der Waals surface area contributed by atoms with Crippen LogP contribution in [-0.2, 0) is 0 Å². The van der Waals surface area contributed by atoms with Gasteiger partial charge in [-0.25, -0.2) is 4.98 Å². The zero-order valence-electron chi connectivity index (χ0n) is 10.9. The molecule has 1 N–H and O–H groups in total. The number of hydrogen-bond donors (Lipinski definition) is 1. The number of imidazole rings is 1. The van der Waals surface area contributed by atoms with Crippen LogP contribution in [0.2, 0.25) is 5.02 Å². The molecule has 100 valence electrons. The molecule has 0 unspecified atom stereocenters. The SMILES string of the molecule is Clc1ccc2nc(C3CCNCC3)n(C3CC3)c2c1. The molecule has 0 atom stereocenters. The van der Waals surface area contributed by atoms with Crippen LogP contribution >= 0.6 is 11.6 Å². The predicted octanol–water partition coefficient (Wildman–Crippen LogP) is 3.49. The fraction of sp³-hybridized carbons (Fsp3) is 0.533. The summed E-state index contributed by atoms with van der Waals surface area (Å²) in [7, 11) is 0. The second-order valence-electron chi connectivity index (χ2n) is 5.73. The first-order chi connectivity index (χ1) is 9.33. The van der Waals surface area contributed by atoms with Crippen molar-refractivity contribution in [2.75, 3.05) is 13.1 Å². The number of fused-ring (bicyclic) bond motifs is 1. The fourth-order valence-corrected chi connectivity index (χ4v) is 3.34. The molecule has 1 saturated heterocycles. The van der Waals surface area contributed by atoms with E-state index in [9.17, 15) is 0 Å². The Labute approximate surface area is 118 Å². The normalized spacial score (nSPS) is 21.1. The molecule has 1 aliphatic carbocycles. The van der Waals surface area contributed by atoms with Gasteiger partial charge in [-0.3, -0.25) is 0 Å². The van der Waals surface area contributed by atoms with Crippen LogP contribution in [0.5, 0.6) is 0 Å². The highest BCUT2D eigenvalue weighted by Gasteiger charge is 2.31. The van der Waals surface area contributed by atoms with Gasteiger partial charge >= 0.3 is 0 Å². The molecule has 0 radical (unpaired) electrons. The number of nitrogens with one attached hydrogen (secondary N) is 1. The summed E-state index contributed by atoms with van der Waals surface area (Å²) in [5, 5.41) is 4.24. The number of piperidine rings is 1. The largest absolute Gasteiger partial charge is 0.325 e. The third kappa shape index (κ3) is 2.05. The number of benzene rings is 1. The summed E-state index contributed by atoms with van der Waals surface area (Å²) in [5.74, 6) is 1.90. The maximum Gasteiger partial charge on any atom is 0.113 e. The summed E-state index contributed by atoms with van der Waals surface area (Å²) in [6.45, 7) is 2.22.